The first-order chi connectivity index (χ1) is 17.4. The highest BCUT2D eigenvalue weighted by atomic mass is 79.9. The summed E-state index contributed by atoms with van der Waals surface area (Å²) in [4.78, 5) is 26.2. The molecule has 2 aromatic carbocycles. The van der Waals surface area contributed by atoms with Crippen LogP contribution < -0.4 is 4.74 Å². The Morgan fingerprint density at radius 1 is 0.944 bits per heavy atom. The third kappa shape index (κ3) is 8.17. The molecule has 0 amide bonds. The van der Waals surface area contributed by atoms with E-state index in [-0.39, 0.29) is 0 Å². The molecule has 8 heteroatoms. The van der Waals surface area contributed by atoms with Crippen LogP contribution in [0.2, 0.25) is 0 Å². The Balaban J connectivity index is 0.000000331. The van der Waals surface area contributed by atoms with Gasteiger partial charge in [-0.3, -0.25) is 9.88 Å². The molecule has 0 atom stereocenters. The highest BCUT2D eigenvalue weighted by Crippen LogP contribution is 2.34. The number of fused-ring (bicyclic) bond motifs is 1. The van der Waals surface area contributed by atoms with Crippen molar-refractivity contribution in [1.82, 2.24) is 9.88 Å². The third-order valence-electron chi connectivity index (χ3n) is 6.06. The van der Waals surface area contributed by atoms with Gasteiger partial charge in [0, 0.05) is 46.9 Å². The second-order valence-corrected chi connectivity index (χ2v) is 10.2. The summed E-state index contributed by atoms with van der Waals surface area (Å²) in [6.07, 6.45) is 8.57. The number of ether oxygens (including phenoxy) is 1. The average molecular weight is 553 g/mol. The van der Waals surface area contributed by atoms with E-state index in [1.165, 1.54) is 44.2 Å². The lowest BCUT2D eigenvalue weighted by Crippen LogP contribution is -2.32. The first-order valence-corrected chi connectivity index (χ1v) is 12.8. The molecule has 3 aromatic rings. The van der Waals surface area contributed by atoms with Crippen molar-refractivity contribution in [2.45, 2.75) is 25.7 Å². The fourth-order valence-corrected chi connectivity index (χ4v) is 4.17. The number of pyridine rings is 1. The molecule has 2 saturated carbocycles. The molecule has 0 bridgehead atoms. The molecular formula is C28H29BrN2O5. The van der Waals surface area contributed by atoms with Crippen molar-refractivity contribution in [3.8, 4) is 17.0 Å². The molecule has 36 heavy (non-hydrogen) atoms. The standard InChI is InChI=1S/C24H25BrN2O.C4H4O4/c25-21-7-5-19(6-8-21)24-23-10-9-22(13-20(23)11-12-26-24)28-16-27(14-17-1-2-17)15-18-3-4-18;5-3(6)1-2-4(7)8/h5-13,17-18H,1-4,14-16H2;1-2H,(H,5,6)(H,7,8)/b;2-1+. The fourth-order valence-electron chi connectivity index (χ4n) is 3.90. The number of halogens is 1. The van der Waals surface area contributed by atoms with E-state index in [9.17, 15) is 9.59 Å². The summed E-state index contributed by atoms with van der Waals surface area (Å²) in [6.45, 7) is 3.09. The summed E-state index contributed by atoms with van der Waals surface area (Å²) in [5, 5.41) is 17.9. The van der Waals surface area contributed by atoms with Crippen LogP contribution in [0.5, 0.6) is 5.75 Å². The minimum absolute atomic E-state index is 0.558. The zero-order valence-corrected chi connectivity index (χ0v) is 21.4. The summed E-state index contributed by atoms with van der Waals surface area (Å²) in [7, 11) is 0. The number of carbonyl (C=O) groups is 2. The molecule has 1 heterocycles. The van der Waals surface area contributed by atoms with Gasteiger partial charge < -0.3 is 14.9 Å². The van der Waals surface area contributed by atoms with Crippen molar-refractivity contribution >= 4 is 38.6 Å². The minimum atomic E-state index is -1.26. The quantitative estimate of drug-likeness (QED) is 0.241. The van der Waals surface area contributed by atoms with Crippen molar-refractivity contribution in [2.24, 2.45) is 11.8 Å². The molecule has 2 N–H and O–H groups in total. The van der Waals surface area contributed by atoms with Gasteiger partial charge in [0.25, 0.3) is 0 Å². The smallest absolute Gasteiger partial charge is 0.328 e. The molecular weight excluding hydrogens is 524 g/mol. The van der Waals surface area contributed by atoms with Crippen LogP contribution in [0, 0.1) is 11.8 Å². The van der Waals surface area contributed by atoms with E-state index in [2.05, 4.69) is 74.3 Å². The van der Waals surface area contributed by atoms with E-state index in [4.69, 9.17) is 14.9 Å². The van der Waals surface area contributed by atoms with Crippen molar-refractivity contribution in [2.75, 3.05) is 19.8 Å². The Morgan fingerprint density at radius 3 is 2.11 bits per heavy atom. The molecule has 0 spiro atoms. The SMILES string of the molecule is Brc1ccc(-c2nccc3cc(OCN(CC4CC4)CC4CC4)ccc23)cc1.O=C(O)/C=C/C(=O)O. The zero-order valence-electron chi connectivity index (χ0n) is 19.8. The van der Waals surface area contributed by atoms with Gasteiger partial charge in [0.1, 0.15) is 12.5 Å². The number of nitrogens with zero attached hydrogens (tertiary/aromatic N) is 2. The third-order valence-corrected chi connectivity index (χ3v) is 6.59. The monoisotopic (exact) mass is 552 g/mol. The number of aliphatic carboxylic acids is 2. The molecule has 1 aromatic heterocycles. The number of hydrogen-bond donors (Lipinski definition) is 2. The first-order valence-electron chi connectivity index (χ1n) is 12.0. The van der Waals surface area contributed by atoms with Gasteiger partial charge in [0.15, 0.2) is 0 Å². The molecule has 5 rings (SSSR count). The average Bonchev–Trinajstić information content (AvgIpc) is 3.79. The van der Waals surface area contributed by atoms with Gasteiger partial charge in [-0.05, 0) is 79.3 Å². The van der Waals surface area contributed by atoms with Crippen molar-refractivity contribution in [3.05, 3.63) is 71.4 Å². The van der Waals surface area contributed by atoms with Gasteiger partial charge in [0.2, 0.25) is 0 Å². The van der Waals surface area contributed by atoms with E-state index < -0.39 is 11.9 Å². The van der Waals surface area contributed by atoms with E-state index in [1.807, 2.05) is 6.20 Å². The zero-order chi connectivity index (χ0) is 25.5. The highest BCUT2D eigenvalue weighted by Gasteiger charge is 2.29. The summed E-state index contributed by atoms with van der Waals surface area (Å²) in [5.74, 6) is 0.230. The predicted octanol–water partition coefficient (Wildman–Crippen LogP) is 5.83. The minimum Gasteiger partial charge on any atom is -0.478 e. The molecule has 2 aliphatic carbocycles. The van der Waals surface area contributed by atoms with Crippen LogP contribution in [0.3, 0.4) is 0 Å². The van der Waals surface area contributed by atoms with E-state index in [1.54, 1.807) is 0 Å². The van der Waals surface area contributed by atoms with Gasteiger partial charge in [0.05, 0.1) is 5.69 Å². The second kappa shape index (κ2) is 12.1. The van der Waals surface area contributed by atoms with E-state index in [0.717, 1.165) is 38.7 Å². The molecule has 0 saturated heterocycles. The Bertz CT molecular complexity index is 1210. The molecule has 7 nitrogen and oxygen atoms in total. The van der Waals surface area contributed by atoms with Crippen LogP contribution in [0.25, 0.3) is 22.0 Å². The fraction of sp³-hybridized carbons (Fsp3) is 0.321. The van der Waals surface area contributed by atoms with E-state index in [0.29, 0.717) is 18.9 Å². The summed E-state index contributed by atoms with van der Waals surface area (Å²) >= 11 is 3.50. The lowest BCUT2D eigenvalue weighted by molar-refractivity contribution is -0.134. The highest BCUT2D eigenvalue weighted by molar-refractivity contribution is 9.10. The maximum absolute atomic E-state index is 9.55. The number of benzene rings is 2. The van der Waals surface area contributed by atoms with Gasteiger partial charge in [-0.25, -0.2) is 9.59 Å². The molecule has 2 aliphatic rings. The molecule has 188 valence electrons. The normalized spacial score (nSPS) is 15.1. The molecule has 2 fully saturated rings. The summed E-state index contributed by atoms with van der Waals surface area (Å²) in [6, 6.07) is 16.7. The second-order valence-electron chi connectivity index (χ2n) is 9.26. The Morgan fingerprint density at radius 2 is 1.56 bits per heavy atom. The number of carboxylic acids is 2. The number of rotatable bonds is 10. The summed E-state index contributed by atoms with van der Waals surface area (Å²) < 4.78 is 7.27. The molecule has 0 unspecified atom stereocenters. The predicted molar refractivity (Wildman–Crippen MR) is 142 cm³/mol. The van der Waals surface area contributed by atoms with Crippen molar-refractivity contribution in [1.29, 1.82) is 0 Å². The van der Waals surface area contributed by atoms with Crippen LogP contribution in [0.1, 0.15) is 25.7 Å². The van der Waals surface area contributed by atoms with Crippen LogP contribution in [0.15, 0.2) is 71.4 Å². The van der Waals surface area contributed by atoms with Crippen LogP contribution in [0.4, 0.5) is 0 Å². The summed E-state index contributed by atoms with van der Waals surface area (Å²) in [5.41, 5.74) is 2.14. The maximum Gasteiger partial charge on any atom is 0.328 e. The first kappa shape index (κ1) is 25.9. The van der Waals surface area contributed by atoms with Crippen LogP contribution >= 0.6 is 15.9 Å². The Kier molecular flexibility index (Phi) is 8.72. The van der Waals surface area contributed by atoms with Crippen LogP contribution in [-0.2, 0) is 9.59 Å². The number of hydrogen-bond acceptors (Lipinski definition) is 5. The molecule has 0 aliphatic heterocycles. The van der Waals surface area contributed by atoms with Crippen molar-refractivity contribution in [3.63, 3.8) is 0 Å². The van der Waals surface area contributed by atoms with Crippen molar-refractivity contribution < 1.29 is 24.5 Å². The maximum atomic E-state index is 9.55. The van der Waals surface area contributed by atoms with Gasteiger partial charge in [-0.2, -0.15) is 0 Å². The lowest BCUT2D eigenvalue weighted by atomic mass is 10.0. The lowest BCUT2D eigenvalue weighted by Gasteiger charge is -2.22. The van der Waals surface area contributed by atoms with Gasteiger partial charge in [-0.1, -0.05) is 28.1 Å². The van der Waals surface area contributed by atoms with Crippen LogP contribution in [-0.4, -0.2) is 51.9 Å². The van der Waals surface area contributed by atoms with Gasteiger partial charge in [-0.15, -0.1) is 0 Å². The number of aromatic nitrogens is 1. The van der Waals surface area contributed by atoms with Gasteiger partial charge >= 0.3 is 11.9 Å². The topological polar surface area (TPSA) is 100.0 Å². The Labute approximate surface area is 218 Å². The largest absolute Gasteiger partial charge is 0.478 e. The van der Waals surface area contributed by atoms with E-state index >= 15 is 0 Å². The Hall–Kier alpha value is -3.23. The number of carboxylic acid groups (broad SMARTS) is 2. The molecule has 0 radical (unpaired) electrons.